The Morgan fingerprint density at radius 1 is 1.17 bits per heavy atom. The van der Waals surface area contributed by atoms with Gasteiger partial charge in [0.15, 0.2) is 0 Å². The molecule has 0 aromatic heterocycles. The first-order valence-corrected chi connectivity index (χ1v) is 9.69. The van der Waals surface area contributed by atoms with Crippen LogP contribution >= 0.6 is 0 Å². The normalized spacial score (nSPS) is 24.0. The van der Waals surface area contributed by atoms with Crippen LogP contribution in [0.1, 0.15) is 29.6 Å². The van der Waals surface area contributed by atoms with Gasteiger partial charge in [0, 0.05) is 31.2 Å². The molecule has 6 nitrogen and oxygen atoms in total. The summed E-state index contributed by atoms with van der Waals surface area (Å²) in [7, 11) is -1.25. The summed E-state index contributed by atoms with van der Waals surface area (Å²) < 4.78 is 25.3. The van der Waals surface area contributed by atoms with Crippen molar-refractivity contribution in [3.63, 3.8) is 0 Å². The molecule has 1 aromatic rings. The van der Waals surface area contributed by atoms with Gasteiger partial charge in [-0.3, -0.25) is 9.10 Å². The number of sulfonamides is 1. The molecule has 0 bridgehead atoms. The largest absolute Gasteiger partial charge is 0.337 e. The molecular formula is C16H23N3O3S. The van der Waals surface area contributed by atoms with Gasteiger partial charge in [0.05, 0.1) is 11.4 Å². The van der Waals surface area contributed by atoms with Gasteiger partial charge in [-0.05, 0) is 50.6 Å². The lowest BCUT2D eigenvalue weighted by Gasteiger charge is -2.32. The van der Waals surface area contributed by atoms with E-state index in [0.717, 1.165) is 25.9 Å². The predicted octanol–water partition coefficient (Wildman–Crippen LogP) is 1.05. The first kappa shape index (κ1) is 16.3. The fourth-order valence-corrected chi connectivity index (χ4v) is 4.84. The van der Waals surface area contributed by atoms with E-state index in [1.807, 2.05) is 11.9 Å². The van der Waals surface area contributed by atoms with Crippen LogP contribution in [0, 0.1) is 0 Å². The Morgan fingerprint density at radius 2 is 1.91 bits per heavy atom. The summed E-state index contributed by atoms with van der Waals surface area (Å²) in [5.74, 6) is 0.216. The number of hydrogen-bond acceptors (Lipinski definition) is 4. The summed E-state index contributed by atoms with van der Waals surface area (Å²) in [6.45, 7) is 2.02. The molecule has 3 rings (SSSR count). The molecule has 1 unspecified atom stereocenters. The second-order valence-electron chi connectivity index (χ2n) is 6.17. The Morgan fingerprint density at radius 3 is 2.52 bits per heavy atom. The number of nitrogens with zero attached hydrogens (tertiary/aromatic N) is 2. The molecule has 2 saturated heterocycles. The van der Waals surface area contributed by atoms with E-state index in [1.54, 1.807) is 24.3 Å². The SMILES string of the molecule is CNC1CCCN(C(=O)c2ccc(N3CCCS3(=O)=O)cc2)C1. The molecule has 0 spiro atoms. The molecule has 126 valence electrons. The standard InChI is InChI=1S/C16H23N3O3S/c1-17-14-4-2-9-18(12-14)16(20)13-5-7-15(8-6-13)19-10-3-11-23(19,21)22/h5-8,14,17H,2-4,9-12H2,1H3. The van der Waals surface area contributed by atoms with Crippen molar-refractivity contribution >= 4 is 21.6 Å². The number of nitrogens with one attached hydrogen (secondary N) is 1. The summed E-state index contributed by atoms with van der Waals surface area (Å²) in [5.41, 5.74) is 1.26. The molecule has 0 radical (unpaired) electrons. The minimum absolute atomic E-state index is 0.0146. The number of anilines is 1. The predicted molar refractivity (Wildman–Crippen MR) is 90.2 cm³/mol. The number of benzene rings is 1. The second-order valence-corrected chi connectivity index (χ2v) is 8.18. The molecule has 23 heavy (non-hydrogen) atoms. The zero-order valence-corrected chi connectivity index (χ0v) is 14.2. The average molecular weight is 337 g/mol. The van der Waals surface area contributed by atoms with Crippen molar-refractivity contribution in [2.45, 2.75) is 25.3 Å². The third-order valence-corrected chi connectivity index (χ3v) is 6.49. The molecule has 1 N–H and O–H groups in total. The lowest BCUT2D eigenvalue weighted by Crippen LogP contribution is -2.46. The third kappa shape index (κ3) is 3.35. The number of amides is 1. The number of carbonyl (C=O) groups is 1. The summed E-state index contributed by atoms with van der Waals surface area (Å²) in [6.07, 6.45) is 2.75. The third-order valence-electron chi connectivity index (χ3n) is 4.62. The molecule has 1 atom stereocenters. The van der Waals surface area contributed by atoms with Crippen LogP contribution in [0.2, 0.25) is 0 Å². The summed E-state index contributed by atoms with van der Waals surface area (Å²) in [4.78, 5) is 14.5. The highest BCUT2D eigenvalue weighted by molar-refractivity contribution is 7.93. The van der Waals surface area contributed by atoms with Crippen LogP contribution in [0.25, 0.3) is 0 Å². The average Bonchev–Trinajstić information content (AvgIpc) is 2.93. The maximum absolute atomic E-state index is 12.6. The van der Waals surface area contributed by atoms with Gasteiger partial charge in [-0.15, -0.1) is 0 Å². The van der Waals surface area contributed by atoms with E-state index in [9.17, 15) is 13.2 Å². The van der Waals surface area contributed by atoms with E-state index in [-0.39, 0.29) is 11.7 Å². The lowest BCUT2D eigenvalue weighted by atomic mass is 10.0. The number of likely N-dealkylation sites (tertiary alicyclic amines) is 1. The van der Waals surface area contributed by atoms with E-state index in [4.69, 9.17) is 0 Å². The molecule has 2 heterocycles. The van der Waals surface area contributed by atoms with E-state index in [2.05, 4.69) is 5.32 Å². The van der Waals surface area contributed by atoms with E-state index >= 15 is 0 Å². The highest BCUT2D eigenvalue weighted by atomic mass is 32.2. The van der Waals surface area contributed by atoms with Gasteiger partial charge in [-0.2, -0.15) is 0 Å². The van der Waals surface area contributed by atoms with Crippen molar-refractivity contribution < 1.29 is 13.2 Å². The number of rotatable bonds is 3. The maximum Gasteiger partial charge on any atom is 0.253 e. The summed E-state index contributed by atoms with van der Waals surface area (Å²) in [6, 6.07) is 7.27. The van der Waals surface area contributed by atoms with Crippen LogP contribution in [-0.4, -0.2) is 57.7 Å². The first-order chi connectivity index (χ1) is 11.0. The minimum atomic E-state index is -3.17. The first-order valence-electron chi connectivity index (χ1n) is 8.08. The smallest absolute Gasteiger partial charge is 0.253 e. The fourth-order valence-electron chi connectivity index (χ4n) is 3.28. The Hall–Kier alpha value is -1.60. The highest BCUT2D eigenvalue weighted by Gasteiger charge is 2.29. The van der Waals surface area contributed by atoms with Gasteiger partial charge in [0.25, 0.3) is 5.91 Å². The molecule has 2 aliphatic heterocycles. The number of carbonyl (C=O) groups excluding carboxylic acids is 1. The van der Waals surface area contributed by atoms with Crippen molar-refractivity contribution in [2.24, 2.45) is 0 Å². The molecule has 7 heteroatoms. The van der Waals surface area contributed by atoms with Crippen LogP contribution in [-0.2, 0) is 10.0 Å². The molecule has 1 amide bonds. The van der Waals surface area contributed by atoms with Gasteiger partial charge < -0.3 is 10.2 Å². The van der Waals surface area contributed by atoms with E-state index in [1.165, 1.54) is 4.31 Å². The zero-order chi connectivity index (χ0) is 16.4. The highest BCUT2D eigenvalue weighted by Crippen LogP contribution is 2.24. The van der Waals surface area contributed by atoms with Crippen LogP contribution in [0.15, 0.2) is 24.3 Å². The van der Waals surface area contributed by atoms with Crippen molar-refractivity contribution in [2.75, 3.05) is 36.7 Å². The van der Waals surface area contributed by atoms with Crippen molar-refractivity contribution in [3.05, 3.63) is 29.8 Å². The Bertz CT molecular complexity index is 672. The molecular weight excluding hydrogens is 314 g/mol. The van der Waals surface area contributed by atoms with Crippen LogP contribution in [0.3, 0.4) is 0 Å². The topological polar surface area (TPSA) is 69.7 Å². The number of piperidine rings is 1. The Kier molecular flexibility index (Phi) is 4.59. The van der Waals surface area contributed by atoms with Crippen molar-refractivity contribution in [1.29, 1.82) is 0 Å². The minimum Gasteiger partial charge on any atom is -0.337 e. The van der Waals surface area contributed by atoms with E-state index in [0.29, 0.717) is 30.3 Å². The molecule has 2 fully saturated rings. The maximum atomic E-state index is 12.6. The van der Waals surface area contributed by atoms with Gasteiger partial charge in [-0.25, -0.2) is 8.42 Å². The van der Waals surface area contributed by atoms with Gasteiger partial charge >= 0.3 is 0 Å². The fraction of sp³-hybridized carbons (Fsp3) is 0.562. The van der Waals surface area contributed by atoms with Crippen molar-refractivity contribution in [1.82, 2.24) is 10.2 Å². The molecule has 1 aromatic carbocycles. The Labute approximate surface area is 137 Å². The number of likely N-dealkylation sites (N-methyl/N-ethyl adjacent to an activating group) is 1. The Balaban J connectivity index is 1.73. The van der Waals surface area contributed by atoms with Crippen LogP contribution in [0.4, 0.5) is 5.69 Å². The number of hydrogen-bond donors (Lipinski definition) is 1. The van der Waals surface area contributed by atoms with E-state index < -0.39 is 10.0 Å². The van der Waals surface area contributed by atoms with Gasteiger partial charge in [-0.1, -0.05) is 0 Å². The van der Waals surface area contributed by atoms with Gasteiger partial charge in [0.2, 0.25) is 10.0 Å². The molecule has 2 aliphatic rings. The van der Waals surface area contributed by atoms with Gasteiger partial charge in [0.1, 0.15) is 0 Å². The quantitative estimate of drug-likeness (QED) is 0.895. The monoisotopic (exact) mass is 337 g/mol. The summed E-state index contributed by atoms with van der Waals surface area (Å²) >= 11 is 0. The zero-order valence-electron chi connectivity index (χ0n) is 13.4. The summed E-state index contributed by atoms with van der Waals surface area (Å²) in [5, 5.41) is 3.23. The molecule has 0 saturated carbocycles. The molecule has 0 aliphatic carbocycles. The van der Waals surface area contributed by atoms with Crippen molar-refractivity contribution in [3.8, 4) is 0 Å². The van der Waals surface area contributed by atoms with Crippen LogP contribution in [0.5, 0.6) is 0 Å². The lowest BCUT2D eigenvalue weighted by molar-refractivity contribution is 0.0698. The second kappa shape index (κ2) is 6.49. The van der Waals surface area contributed by atoms with Crippen LogP contribution < -0.4 is 9.62 Å².